The molecule has 2 amide bonds. The van der Waals surface area contributed by atoms with Gasteiger partial charge in [0, 0.05) is 67.4 Å². The maximum absolute atomic E-state index is 15.3. The number of likely N-dealkylation sites (tertiary alicyclic amines) is 1. The molecule has 0 aliphatic carbocycles. The second kappa shape index (κ2) is 9.77. The molecule has 3 atom stereocenters. The van der Waals surface area contributed by atoms with E-state index in [9.17, 15) is 23.1 Å². The van der Waals surface area contributed by atoms with Crippen molar-refractivity contribution in [1.82, 2.24) is 10.2 Å². The highest BCUT2D eigenvalue weighted by atomic mass is 19.1. The van der Waals surface area contributed by atoms with Crippen molar-refractivity contribution in [2.75, 3.05) is 31.5 Å². The van der Waals surface area contributed by atoms with Crippen LogP contribution in [0.2, 0.25) is 0 Å². The Bertz CT molecular complexity index is 1320. The molecule has 0 radical (unpaired) electrons. The fraction of sp³-hybridized carbons (Fsp3) is 0.296. The molecule has 37 heavy (non-hydrogen) atoms. The molecule has 6 nitrogen and oxygen atoms in total. The molecule has 5 N–H and O–H groups in total. The summed E-state index contributed by atoms with van der Waals surface area (Å²) < 4.78 is 56.9. The van der Waals surface area contributed by atoms with Crippen molar-refractivity contribution in [3.8, 4) is 11.1 Å². The summed E-state index contributed by atoms with van der Waals surface area (Å²) in [6.07, 6.45) is 0. The van der Waals surface area contributed by atoms with Gasteiger partial charge in [-0.15, -0.1) is 0 Å². The first kappa shape index (κ1) is 25.2. The monoisotopic (exact) mass is 514 g/mol. The normalized spacial score (nSPS) is 23.1. The van der Waals surface area contributed by atoms with E-state index in [1.807, 2.05) is 0 Å². The van der Waals surface area contributed by atoms with Gasteiger partial charge in [-0.3, -0.25) is 0 Å². The third-order valence-corrected chi connectivity index (χ3v) is 7.30. The van der Waals surface area contributed by atoms with Crippen LogP contribution in [0.1, 0.15) is 11.1 Å². The van der Waals surface area contributed by atoms with E-state index in [-0.39, 0.29) is 36.4 Å². The second-order valence-corrected chi connectivity index (χ2v) is 9.58. The number of rotatable bonds is 4. The average molecular weight is 515 g/mol. The fourth-order valence-corrected chi connectivity index (χ4v) is 5.44. The summed E-state index contributed by atoms with van der Waals surface area (Å²) in [4.78, 5) is 14.3. The summed E-state index contributed by atoms with van der Waals surface area (Å²) in [5, 5.41) is 17.6. The molecule has 3 aromatic carbocycles. The Labute approximate surface area is 211 Å². The van der Waals surface area contributed by atoms with Crippen LogP contribution in [0.15, 0.2) is 54.6 Å². The van der Waals surface area contributed by atoms with Gasteiger partial charge in [0.05, 0.1) is 0 Å². The van der Waals surface area contributed by atoms with Crippen LogP contribution in [0.4, 0.5) is 28.0 Å². The fourth-order valence-electron chi connectivity index (χ4n) is 5.44. The molecule has 10 heteroatoms. The Morgan fingerprint density at radius 2 is 1.54 bits per heavy atom. The molecule has 0 spiro atoms. The number of nitrogens with two attached hydrogens (primary N) is 1. The van der Waals surface area contributed by atoms with Crippen molar-refractivity contribution < 1.29 is 27.5 Å². The topological polar surface area (TPSA) is 90.6 Å². The number of fused-ring (bicyclic) bond motifs is 2. The lowest BCUT2D eigenvalue weighted by Gasteiger charge is -2.53. The highest BCUT2D eigenvalue weighted by Crippen LogP contribution is 2.44. The number of anilines is 1. The molecule has 5 rings (SSSR count). The molecular weight excluding hydrogens is 488 g/mol. The number of aliphatic hydroxyl groups is 1. The lowest BCUT2D eigenvalue weighted by atomic mass is 9.67. The molecular formula is C27H26F4N4O2. The second-order valence-electron chi connectivity index (χ2n) is 9.58. The third kappa shape index (κ3) is 4.68. The van der Waals surface area contributed by atoms with Gasteiger partial charge in [-0.1, -0.05) is 24.3 Å². The number of amides is 2. The number of hydrogen-bond donors (Lipinski definition) is 4. The summed E-state index contributed by atoms with van der Waals surface area (Å²) in [5.41, 5.74) is 5.18. The Balaban J connectivity index is 1.39. The number of halogens is 4. The lowest BCUT2D eigenvalue weighted by molar-refractivity contribution is -0.129. The van der Waals surface area contributed by atoms with Gasteiger partial charge in [0.1, 0.15) is 28.9 Å². The number of piperidine rings is 2. The van der Waals surface area contributed by atoms with Crippen LogP contribution in [0.25, 0.3) is 11.1 Å². The van der Waals surface area contributed by atoms with E-state index in [0.717, 1.165) is 12.1 Å². The van der Waals surface area contributed by atoms with E-state index in [4.69, 9.17) is 5.73 Å². The highest BCUT2D eigenvalue weighted by Gasteiger charge is 2.52. The predicted octanol–water partition coefficient (Wildman–Crippen LogP) is 3.94. The highest BCUT2D eigenvalue weighted by molar-refractivity contribution is 5.89. The van der Waals surface area contributed by atoms with Gasteiger partial charge in [0.2, 0.25) is 0 Å². The SMILES string of the molecule is NCc1ccc(-c2ccc([C@@]3(O)[C@@H]4CNC[C@H]3CN(C(=O)Nc3cc(F)cc(F)c3)C4)cc2F)c(F)c1. The Kier molecular flexibility index (Phi) is 6.65. The molecule has 0 unspecified atom stereocenters. The van der Waals surface area contributed by atoms with Gasteiger partial charge in [0.25, 0.3) is 0 Å². The van der Waals surface area contributed by atoms with Crippen molar-refractivity contribution >= 4 is 11.7 Å². The maximum Gasteiger partial charge on any atom is 0.321 e. The number of nitrogens with zero attached hydrogens (tertiary/aromatic N) is 1. The minimum absolute atomic E-state index is 0.0176. The average Bonchev–Trinajstić information content (AvgIpc) is 2.83. The summed E-state index contributed by atoms with van der Waals surface area (Å²) >= 11 is 0. The van der Waals surface area contributed by atoms with Gasteiger partial charge >= 0.3 is 6.03 Å². The molecule has 2 aliphatic rings. The first-order valence-electron chi connectivity index (χ1n) is 11.9. The molecule has 3 aromatic rings. The number of carbonyl (C=O) groups is 1. The van der Waals surface area contributed by atoms with Crippen LogP contribution in [0.3, 0.4) is 0 Å². The number of carbonyl (C=O) groups excluding carboxylic acids is 1. The van der Waals surface area contributed by atoms with Gasteiger partial charge in [-0.25, -0.2) is 22.4 Å². The van der Waals surface area contributed by atoms with E-state index in [2.05, 4.69) is 10.6 Å². The summed E-state index contributed by atoms with van der Waals surface area (Å²) in [6.45, 7) is 1.15. The zero-order valence-electron chi connectivity index (χ0n) is 19.8. The maximum atomic E-state index is 15.3. The van der Waals surface area contributed by atoms with Crippen LogP contribution < -0.4 is 16.4 Å². The third-order valence-electron chi connectivity index (χ3n) is 7.30. The Morgan fingerprint density at radius 3 is 2.11 bits per heavy atom. The first-order valence-corrected chi connectivity index (χ1v) is 11.9. The van der Waals surface area contributed by atoms with E-state index >= 15 is 4.39 Å². The van der Waals surface area contributed by atoms with E-state index in [0.29, 0.717) is 30.3 Å². The zero-order valence-corrected chi connectivity index (χ0v) is 19.8. The van der Waals surface area contributed by atoms with Crippen LogP contribution in [-0.2, 0) is 12.1 Å². The minimum Gasteiger partial charge on any atom is -0.384 e. The Morgan fingerprint density at radius 1 is 0.946 bits per heavy atom. The smallest absolute Gasteiger partial charge is 0.321 e. The zero-order chi connectivity index (χ0) is 26.3. The minimum atomic E-state index is -1.44. The van der Waals surface area contributed by atoms with Crippen molar-refractivity contribution in [3.05, 3.63) is 89.0 Å². The van der Waals surface area contributed by atoms with Gasteiger partial charge in [0.15, 0.2) is 0 Å². The first-order chi connectivity index (χ1) is 17.7. The van der Waals surface area contributed by atoms with E-state index in [1.165, 1.54) is 29.2 Å². The molecule has 2 aliphatic heterocycles. The van der Waals surface area contributed by atoms with Crippen molar-refractivity contribution in [2.45, 2.75) is 12.1 Å². The van der Waals surface area contributed by atoms with Gasteiger partial charge in [-0.2, -0.15) is 0 Å². The van der Waals surface area contributed by atoms with Crippen LogP contribution in [0.5, 0.6) is 0 Å². The predicted molar refractivity (Wildman–Crippen MR) is 130 cm³/mol. The quantitative estimate of drug-likeness (QED) is 0.397. The van der Waals surface area contributed by atoms with Crippen LogP contribution >= 0.6 is 0 Å². The van der Waals surface area contributed by atoms with Crippen molar-refractivity contribution in [2.24, 2.45) is 17.6 Å². The number of urea groups is 1. The summed E-state index contributed by atoms with van der Waals surface area (Å²) in [6, 6.07) is 10.8. The van der Waals surface area contributed by atoms with Gasteiger partial charge < -0.3 is 26.4 Å². The van der Waals surface area contributed by atoms with Crippen molar-refractivity contribution in [3.63, 3.8) is 0 Å². The Hall–Kier alpha value is -3.47. The van der Waals surface area contributed by atoms with E-state index in [1.54, 1.807) is 12.1 Å². The number of hydrogen-bond acceptors (Lipinski definition) is 4. The molecule has 0 aromatic heterocycles. The molecule has 2 saturated heterocycles. The van der Waals surface area contributed by atoms with Crippen LogP contribution in [0, 0.1) is 35.1 Å². The van der Waals surface area contributed by atoms with E-state index < -0.39 is 46.7 Å². The molecule has 2 bridgehead atoms. The largest absolute Gasteiger partial charge is 0.384 e. The molecule has 2 fully saturated rings. The van der Waals surface area contributed by atoms with Crippen LogP contribution in [-0.4, -0.2) is 42.2 Å². The molecule has 194 valence electrons. The van der Waals surface area contributed by atoms with Gasteiger partial charge in [-0.05, 0) is 35.4 Å². The number of benzene rings is 3. The molecule has 2 heterocycles. The number of nitrogens with one attached hydrogen (secondary N) is 2. The van der Waals surface area contributed by atoms with Crippen molar-refractivity contribution in [1.29, 1.82) is 0 Å². The standard InChI is InChI=1S/C27H26F4N4O2/c28-19-7-20(29)9-21(8-19)34-26(36)35-13-17-11-33-12-18(14-35)27(17,37)16-2-4-23(25(31)6-16)22-3-1-15(10-32)5-24(22)30/h1-9,17-18,33,37H,10-14,32H2,(H,34,36)/t17-,18+,27-. The summed E-state index contributed by atoms with van der Waals surface area (Å²) in [7, 11) is 0. The summed E-state index contributed by atoms with van der Waals surface area (Å²) in [5.74, 6) is -3.87. The molecule has 0 saturated carbocycles. The lowest BCUT2D eigenvalue weighted by Crippen LogP contribution is -2.65.